The van der Waals surface area contributed by atoms with Crippen LogP contribution in [0.5, 0.6) is 0 Å². The first-order valence-electron chi connectivity index (χ1n) is 6.65. The molecule has 2 N–H and O–H groups in total. The van der Waals surface area contributed by atoms with Crippen LogP contribution in [-0.2, 0) is 0 Å². The summed E-state index contributed by atoms with van der Waals surface area (Å²) in [7, 11) is 0. The summed E-state index contributed by atoms with van der Waals surface area (Å²) in [4.78, 5) is 12.6. The zero-order valence-electron chi connectivity index (χ0n) is 11.6. The summed E-state index contributed by atoms with van der Waals surface area (Å²) < 4.78 is 1.03. The van der Waals surface area contributed by atoms with E-state index >= 15 is 0 Å². The lowest BCUT2D eigenvalue weighted by Gasteiger charge is -2.07. The van der Waals surface area contributed by atoms with Gasteiger partial charge in [0, 0.05) is 21.3 Å². The fourth-order valence-corrected chi connectivity index (χ4v) is 2.83. The van der Waals surface area contributed by atoms with Crippen LogP contribution in [0.1, 0.15) is 21.5 Å². The largest absolute Gasteiger partial charge is 0.399 e. The summed E-state index contributed by atoms with van der Waals surface area (Å²) in [5.41, 5.74) is 8.70. The second kappa shape index (κ2) is 5.34. The summed E-state index contributed by atoms with van der Waals surface area (Å²) >= 11 is 3.45. The van der Waals surface area contributed by atoms with Gasteiger partial charge in [-0.2, -0.15) is 0 Å². The third kappa shape index (κ3) is 2.69. The number of fused-ring (bicyclic) bond motifs is 1. The van der Waals surface area contributed by atoms with Gasteiger partial charge >= 0.3 is 0 Å². The first-order valence-corrected chi connectivity index (χ1v) is 7.44. The number of nitrogens with two attached hydrogens (primary N) is 1. The monoisotopic (exact) mass is 339 g/mol. The minimum atomic E-state index is 0.0253. The lowest BCUT2D eigenvalue weighted by Crippen LogP contribution is -2.04. The molecule has 3 rings (SSSR count). The third-order valence-corrected chi connectivity index (χ3v) is 4.05. The van der Waals surface area contributed by atoms with Crippen molar-refractivity contribution in [3.05, 3.63) is 75.8 Å². The molecule has 0 saturated carbocycles. The van der Waals surface area contributed by atoms with Gasteiger partial charge in [-0.3, -0.25) is 4.79 Å². The Balaban J connectivity index is 2.07. The number of ketones is 1. The van der Waals surface area contributed by atoms with E-state index in [1.807, 2.05) is 49.4 Å². The van der Waals surface area contributed by atoms with E-state index in [4.69, 9.17) is 5.73 Å². The van der Waals surface area contributed by atoms with Gasteiger partial charge in [-0.25, -0.2) is 0 Å². The molecule has 0 heterocycles. The van der Waals surface area contributed by atoms with Crippen molar-refractivity contribution in [3.8, 4) is 0 Å². The van der Waals surface area contributed by atoms with Crippen molar-refractivity contribution in [2.45, 2.75) is 6.92 Å². The lowest BCUT2D eigenvalue weighted by molar-refractivity contribution is 0.103. The van der Waals surface area contributed by atoms with Crippen molar-refractivity contribution in [3.63, 3.8) is 0 Å². The van der Waals surface area contributed by atoms with Crippen molar-refractivity contribution in [2.24, 2.45) is 0 Å². The van der Waals surface area contributed by atoms with Crippen molar-refractivity contribution in [1.29, 1.82) is 0 Å². The molecule has 0 radical (unpaired) electrons. The Morgan fingerprint density at radius 2 is 1.67 bits per heavy atom. The van der Waals surface area contributed by atoms with Crippen LogP contribution in [0.4, 0.5) is 5.69 Å². The SMILES string of the molecule is Cc1cc(N)ccc1C(=O)c1ccc2cc(Br)ccc2c1. The molecule has 3 heteroatoms. The average Bonchev–Trinajstić information content (AvgIpc) is 2.46. The number of nitrogen functional groups attached to an aromatic ring is 1. The maximum absolute atomic E-state index is 12.6. The zero-order valence-corrected chi connectivity index (χ0v) is 13.1. The van der Waals surface area contributed by atoms with E-state index in [9.17, 15) is 4.79 Å². The first-order chi connectivity index (χ1) is 10.0. The molecule has 0 aromatic heterocycles. The van der Waals surface area contributed by atoms with E-state index in [-0.39, 0.29) is 5.78 Å². The molecule has 3 aromatic carbocycles. The Morgan fingerprint density at radius 1 is 0.952 bits per heavy atom. The van der Waals surface area contributed by atoms with E-state index in [1.54, 1.807) is 12.1 Å². The summed E-state index contributed by atoms with van der Waals surface area (Å²) in [5.74, 6) is 0.0253. The van der Waals surface area contributed by atoms with E-state index in [0.29, 0.717) is 16.8 Å². The predicted octanol–water partition coefficient (Wildman–Crippen LogP) is 4.72. The quantitative estimate of drug-likeness (QED) is 0.542. The van der Waals surface area contributed by atoms with Crippen LogP contribution in [0.3, 0.4) is 0 Å². The van der Waals surface area contributed by atoms with E-state index in [2.05, 4.69) is 15.9 Å². The number of hydrogen-bond acceptors (Lipinski definition) is 2. The summed E-state index contributed by atoms with van der Waals surface area (Å²) in [6.45, 7) is 1.90. The lowest BCUT2D eigenvalue weighted by atomic mass is 9.97. The maximum atomic E-state index is 12.6. The summed E-state index contributed by atoms with van der Waals surface area (Å²) in [6, 6.07) is 17.2. The molecule has 0 aliphatic rings. The van der Waals surface area contributed by atoms with Gasteiger partial charge < -0.3 is 5.73 Å². The number of hydrogen-bond donors (Lipinski definition) is 1. The normalized spacial score (nSPS) is 10.8. The van der Waals surface area contributed by atoms with E-state index < -0.39 is 0 Å². The topological polar surface area (TPSA) is 43.1 Å². The molecule has 3 aromatic rings. The van der Waals surface area contributed by atoms with Gasteiger partial charge in [0.2, 0.25) is 0 Å². The standard InChI is InChI=1S/C18H14BrNO/c1-11-8-16(20)6-7-17(11)18(21)14-3-2-13-10-15(19)5-4-12(13)9-14/h2-10H,20H2,1H3. The molecule has 0 amide bonds. The number of aryl methyl sites for hydroxylation is 1. The second-order valence-corrected chi connectivity index (χ2v) is 6.03. The minimum absolute atomic E-state index is 0.0253. The van der Waals surface area contributed by atoms with Crippen LogP contribution >= 0.6 is 15.9 Å². The molecule has 0 aliphatic carbocycles. The zero-order chi connectivity index (χ0) is 15.0. The number of benzene rings is 3. The van der Waals surface area contributed by atoms with Crippen molar-refractivity contribution >= 4 is 38.2 Å². The molecule has 21 heavy (non-hydrogen) atoms. The number of rotatable bonds is 2. The molecular formula is C18H14BrNO. The highest BCUT2D eigenvalue weighted by atomic mass is 79.9. The highest BCUT2D eigenvalue weighted by Gasteiger charge is 2.12. The Hall–Kier alpha value is -2.13. The molecule has 0 spiro atoms. The molecule has 0 unspecified atom stereocenters. The number of carbonyl (C=O) groups is 1. The van der Waals surface area contributed by atoms with E-state index in [1.165, 1.54) is 0 Å². The molecule has 104 valence electrons. The van der Waals surface area contributed by atoms with Crippen LogP contribution in [0.25, 0.3) is 10.8 Å². The Bertz CT molecular complexity index is 855. The molecule has 0 fully saturated rings. The third-order valence-electron chi connectivity index (χ3n) is 3.56. The number of halogens is 1. The first kappa shape index (κ1) is 13.8. The highest BCUT2D eigenvalue weighted by molar-refractivity contribution is 9.10. The Kier molecular flexibility index (Phi) is 3.52. The van der Waals surface area contributed by atoms with Gasteiger partial charge in [0.05, 0.1) is 0 Å². The van der Waals surface area contributed by atoms with Gasteiger partial charge in [0.15, 0.2) is 5.78 Å². The second-order valence-electron chi connectivity index (χ2n) is 5.11. The number of carbonyl (C=O) groups excluding carboxylic acids is 1. The van der Waals surface area contributed by atoms with Gasteiger partial charge in [-0.15, -0.1) is 0 Å². The molecular weight excluding hydrogens is 326 g/mol. The molecule has 0 saturated heterocycles. The van der Waals surface area contributed by atoms with Crippen molar-refractivity contribution in [2.75, 3.05) is 5.73 Å². The van der Waals surface area contributed by atoms with Gasteiger partial charge in [0.1, 0.15) is 0 Å². The van der Waals surface area contributed by atoms with Crippen LogP contribution < -0.4 is 5.73 Å². The maximum Gasteiger partial charge on any atom is 0.193 e. The average molecular weight is 340 g/mol. The molecule has 0 atom stereocenters. The predicted molar refractivity (Wildman–Crippen MR) is 90.7 cm³/mol. The Morgan fingerprint density at radius 3 is 2.43 bits per heavy atom. The van der Waals surface area contributed by atoms with Gasteiger partial charge in [0.25, 0.3) is 0 Å². The fraction of sp³-hybridized carbons (Fsp3) is 0.0556. The van der Waals surface area contributed by atoms with Crippen LogP contribution in [0.15, 0.2) is 59.1 Å². The van der Waals surface area contributed by atoms with Crippen LogP contribution in [-0.4, -0.2) is 5.78 Å². The minimum Gasteiger partial charge on any atom is -0.399 e. The smallest absolute Gasteiger partial charge is 0.193 e. The molecule has 0 bridgehead atoms. The Labute approximate surface area is 131 Å². The van der Waals surface area contributed by atoms with Gasteiger partial charge in [-0.1, -0.05) is 34.1 Å². The molecule has 0 aliphatic heterocycles. The van der Waals surface area contributed by atoms with Gasteiger partial charge in [-0.05, 0) is 59.7 Å². The summed E-state index contributed by atoms with van der Waals surface area (Å²) in [5, 5.41) is 2.16. The van der Waals surface area contributed by atoms with E-state index in [0.717, 1.165) is 20.8 Å². The van der Waals surface area contributed by atoms with Crippen LogP contribution in [0.2, 0.25) is 0 Å². The van der Waals surface area contributed by atoms with Crippen molar-refractivity contribution in [1.82, 2.24) is 0 Å². The van der Waals surface area contributed by atoms with Crippen molar-refractivity contribution < 1.29 is 4.79 Å². The molecule has 2 nitrogen and oxygen atoms in total. The fourth-order valence-electron chi connectivity index (χ4n) is 2.45. The van der Waals surface area contributed by atoms with Crippen LogP contribution in [0, 0.1) is 6.92 Å². The number of anilines is 1. The highest BCUT2D eigenvalue weighted by Crippen LogP contribution is 2.23. The summed E-state index contributed by atoms with van der Waals surface area (Å²) in [6.07, 6.45) is 0.